The molecule has 1 amide bonds. The fourth-order valence-electron chi connectivity index (χ4n) is 2.34. The first-order chi connectivity index (χ1) is 8.99. The Labute approximate surface area is 110 Å². The van der Waals surface area contributed by atoms with Gasteiger partial charge >= 0.3 is 5.97 Å². The number of nitrogens with zero attached hydrogens (tertiary/aromatic N) is 1. The van der Waals surface area contributed by atoms with Crippen LogP contribution < -0.4 is 0 Å². The van der Waals surface area contributed by atoms with Crippen molar-refractivity contribution in [3.05, 3.63) is 23.7 Å². The first kappa shape index (κ1) is 13.6. The highest BCUT2D eigenvalue weighted by Crippen LogP contribution is 2.23. The van der Waals surface area contributed by atoms with Gasteiger partial charge in [0, 0.05) is 19.0 Å². The van der Waals surface area contributed by atoms with Gasteiger partial charge in [0.2, 0.25) is 0 Å². The van der Waals surface area contributed by atoms with Crippen LogP contribution in [0.1, 0.15) is 29.5 Å². The molecule has 0 radical (unpaired) electrons. The minimum atomic E-state index is -1.03. The molecule has 0 bridgehead atoms. The predicted octanol–water partition coefficient (Wildman–Crippen LogP) is 0.750. The van der Waals surface area contributed by atoms with Crippen LogP contribution in [-0.2, 0) is 11.2 Å². The quantitative estimate of drug-likeness (QED) is 0.840. The lowest BCUT2D eigenvalue weighted by molar-refractivity contribution is -0.136. The van der Waals surface area contributed by atoms with Gasteiger partial charge in [-0.2, -0.15) is 0 Å². The van der Waals surface area contributed by atoms with Crippen LogP contribution in [-0.4, -0.2) is 46.2 Å². The number of carbonyl (C=O) groups excluding carboxylic acids is 1. The maximum absolute atomic E-state index is 12.3. The van der Waals surface area contributed by atoms with Crippen LogP contribution in [0, 0.1) is 5.92 Å². The predicted molar refractivity (Wildman–Crippen MR) is 65.7 cm³/mol. The third kappa shape index (κ3) is 2.96. The first-order valence-electron chi connectivity index (χ1n) is 6.24. The van der Waals surface area contributed by atoms with Crippen molar-refractivity contribution in [2.75, 3.05) is 13.1 Å². The summed E-state index contributed by atoms with van der Waals surface area (Å²) in [5.41, 5.74) is 0.300. The van der Waals surface area contributed by atoms with Gasteiger partial charge < -0.3 is 19.5 Å². The van der Waals surface area contributed by atoms with E-state index in [1.807, 2.05) is 0 Å². The zero-order valence-electron chi connectivity index (χ0n) is 10.7. The summed E-state index contributed by atoms with van der Waals surface area (Å²) in [5, 5.41) is 18.3. The SMILES string of the molecule is CC(O)C1CCN(C(=O)c2ccoc2CC(=O)O)C1. The van der Waals surface area contributed by atoms with Gasteiger partial charge in [0.25, 0.3) is 5.91 Å². The smallest absolute Gasteiger partial charge is 0.311 e. The van der Waals surface area contributed by atoms with Crippen molar-refractivity contribution in [1.29, 1.82) is 0 Å². The Morgan fingerprint density at radius 3 is 2.89 bits per heavy atom. The molecule has 0 spiro atoms. The molecule has 2 rings (SSSR count). The summed E-state index contributed by atoms with van der Waals surface area (Å²) in [5.74, 6) is -1.00. The number of carboxylic acids is 1. The Kier molecular flexibility index (Phi) is 3.90. The molecule has 0 aliphatic carbocycles. The minimum Gasteiger partial charge on any atom is -0.481 e. The summed E-state index contributed by atoms with van der Waals surface area (Å²) in [7, 11) is 0. The van der Waals surface area contributed by atoms with E-state index in [-0.39, 0.29) is 24.0 Å². The van der Waals surface area contributed by atoms with E-state index in [2.05, 4.69) is 0 Å². The first-order valence-corrected chi connectivity index (χ1v) is 6.24. The number of hydrogen-bond acceptors (Lipinski definition) is 4. The molecule has 104 valence electrons. The maximum Gasteiger partial charge on any atom is 0.311 e. The topological polar surface area (TPSA) is 91.0 Å². The molecule has 2 N–H and O–H groups in total. The second kappa shape index (κ2) is 5.44. The molecule has 0 aromatic carbocycles. The summed E-state index contributed by atoms with van der Waals surface area (Å²) in [4.78, 5) is 24.6. The van der Waals surface area contributed by atoms with Crippen LogP contribution in [0.25, 0.3) is 0 Å². The van der Waals surface area contributed by atoms with Gasteiger partial charge in [-0.25, -0.2) is 0 Å². The number of aliphatic hydroxyl groups excluding tert-OH is 1. The third-order valence-electron chi connectivity index (χ3n) is 3.48. The molecule has 1 aliphatic rings. The number of hydrogen-bond donors (Lipinski definition) is 2. The van der Waals surface area contributed by atoms with Crippen LogP contribution in [0.15, 0.2) is 16.7 Å². The Morgan fingerprint density at radius 1 is 1.58 bits per heavy atom. The molecule has 0 saturated carbocycles. The highest BCUT2D eigenvalue weighted by molar-refractivity contribution is 5.96. The third-order valence-corrected chi connectivity index (χ3v) is 3.48. The van der Waals surface area contributed by atoms with Crippen molar-refractivity contribution < 1.29 is 24.2 Å². The lowest BCUT2D eigenvalue weighted by Gasteiger charge is -2.17. The number of carbonyl (C=O) groups is 2. The number of aliphatic carboxylic acids is 1. The Morgan fingerprint density at radius 2 is 2.32 bits per heavy atom. The average molecular weight is 267 g/mol. The fraction of sp³-hybridized carbons (Fsp3) is 0.538. The molecule has 1 aromatic heterocycles. The van der Waals surface area contributed by atoms with Crippen molar-refractivity contribution in [1.82, 2.24) is 4.90 Å². The standard InChI is InChI=1S/C13H17NO5/c1-8(15)9-2-4-14(7-9)13(18)10-3-5-19-11(10)6-12(16)17/h3,5,8-9,15H,2,4,6-7H2,1H3,(H,16,17). The van der Waals surface area contributed by atoms with Gasteiger partial charge in [-0.05, 0) is 19.4 Å². The lowest BCUT2D eigenvalue weighted by atomic mass is 10.0. The van der Waals surface area contributed by atoms with Crippen LogP contribution in [0.5, 0.6) is 0 Å². The van der Waals surface area contributed by atoms with Crippen molar-refractivity contribution in [2.45, 2.75) is 25.9 Å². The zero-order chi connectivity index (χ0) is 14.0. The summed E-state index contributed by atoms with van der Waals surface area (Å²) >= 11 is 0. The van der Waals surface area contributed by atoms with Gasteiger partial charge in [0.05, 0.1) is 17.9 Å². The van der Waals surface area contributed by atoms with E-state index in [0.29, 0.717) is 18.7 Å². The van der Waals surface area contributed by atoms with Gasteiger partial charge in [0.1, 0.15) is 12.2 Å². The molecule has 6 nitrogen and oxygen atoms in total. The van der Waals surface area contributed by atoms with Gasteiger partial charge in [0.15, 0.2) is 0 Å². The van der Waals surface area contributed by atoms with E-state index in [0.717, 1.165) is 6.42 Å². The monoisotopic (exact) mass is 267 g/mol. The van der Waals surface area contributed by atoms with Crippen LogP contribution in [0.2, 0.25) is 0 Å². The van der Waals surface area contributed by atoms with E-state index >= 15 is 0 Å². The second-order valence-electron chi connectivity index (χ2n) is 4.87. The van der Waals surface area contributed by atoms with Crippen molar-refractivity contribution in [3.8, 4) is 0 Å². The van der Waals surface area contributed by atoms with Crippen molar-refractivity contribution >= 4 is 11.9 Å². The number of carboxylic acid groups (broad SMARTS) is 1. The normalized spacial score (nSPS) is 20.5. The van der Waals surface area contributed by atoms with E-state index in [9.17, 15) is 14.7 Å². The average Bonchev–Trinajstić information content (AvgIpc) is 2.95. The molecule has 1 aromatic rings. The number of furan rings is 1. The van der Waals surface area contributed by atoms with Gasteiger partial charge in [-0.15, -0.1) is 0 Å². The molecule has 1 saturated heterocycles. The molecule has 6 heteroatoms. The fourth-order valence-corrected chi connectivity index (χ4v) is 2.34. The molecular weight excluding hydrogens is 250 g/mol. The van der Waals surface area contributed by atoms with Crippen LogP contribution >= 0.6 is 0 Å². The van der Waals surface area contributed by atoms with Crippen molar-refractivity contribution in [2.24, 2.45) is 5.92 Å². The Hall–Kier alpha value is -1.82. The maximum atomic E-state index is 12.3. The van der Waals surface area contributed by atoms with E-state index in [4.69, 9.17) is 9.52 Å². The summed E-state index contributed by atoms with van der Waals surface area (Å²) < 4.78 is 5.05. The highest BCUT2D eigenvalue weighted by atomic mass is 16.4. The van der Waals surface area contributed by atoms with Crippen molar-refractivity contribution in [3.63, 3.8) is 0 Å². The molecule has 1 aliphatic heterocycles. The number of aliphatic hydroxyl groups is 1. The van der Waals surface area contributed by atoms with Gasteiger partial charge in [-0.3, -0.25) is 9.59 Å². The number of likely N-dealkylation sites (tertiary alicyclic amines) is 1. The van der Waals surface area contributed by atoms with E-state index in [1.165, 1.54) is 12.3 Å². The Balaban J connectivity index is 2.08. The summed E-state index contributed by atoms with van der Waals surface area (Å²) in [6.07, 6.45) is 1.34. The lowest BCUT2D eigenvalue weighted by Crippen LogP contribution is -2.30. The molecule has 2 atom stereocenters. The molecule has 2 heterocycles. The summed E-state index contributed by atoms with van der Waals surface area (Å²) in [6, 6.07) is 1.50. The number of amides is 1. The molecular formula is C13H17NO5. The molecule has 1 fully saturated rings. The zero-order valence-corrected chi connectivity index (χ0v) is 10.7. The molecule has 19 heavy (non-hydrogen) atoms. The van der Waals surface area contributed by atoms with E-state index < -0.39 is 12.1 Å². The summed E-state index contributed by atoms with van der Waals surface area (Å²) in [6.45, 7) is 2.78. The highest BCUT2D eigenvalue weighted by Gasteiger charge is 2.31. The Bertz CT molecular complexity index is 479. The van der Waals surface area contributed by atoms with Crippen LogP contribution in [0.4, 0.5) is 0 Å². The van der Waals surface area contributed by atoms with E-state index in [1.54, 1.807) is 11.8 Å². The number of rotatable bonds is 4. The largest absolute Gasteiger partial charge is 0.481 e. The minimum absolute atomic E-state index is 0.0822. The molecule has 2 unspecified atom stereocenters. The second-order valence-corrected chi connectivity index (χ2v) is 4.87. The van der Waals surface area contributed by atoms with Crippen LogP contribution in [0.3, 0.4) is 0 Å². The van der Waals surface area contributed by atoms with Gasteiger partial charge in [-0.1, -0.05) is 0 Å².